The van der Waals surface area contributed by atoms with E-state index in [1.54, 1.807) is 6.92 Å². The smallest absolute Gasteiger partial charge is 0.325 e. The Kier molecular flexibility index (Phi) is 3.65. The van der Waals surface area contributed by atoms with Crippen molar-refractivity contribution in [1.29, 1.82) is 0 Å². The fourth-order valence-electron chi connectivity index (χ4n) is 1.36. The average molecular weight is 189 g/mol. The number of nitrogens with one attached hydrogen (secondary N) is 1. The summed E-state index contributed by atoms with van der Waals surface area (Å²) in [5.41, 5.74) is 0. The first-order valence-electron chi connectivity index (χ1n) is 4.43. The van der Waals surface area contributed by atoms with Crippen molar-refractivity contribution in [2.24, 2.45) is 0 Å². The van der Waals surface area contributed by atoms with Crippen LogP contribution in [0, 0.1) is 0 Å². The van der Waals surface area contributed by atoms with Crippen LogP contribution in [-0.2, 0) is 9.53 Å². The number of hydrogen-bond donors (Lipinski definition) is 3. The molecule has 1 aliphatic heterocycles. The third kappa shape index (κ3) is 2.40. The summed E-state index contributed by atoms with van der Waals surface area (Å²) in [6.45, 7) is 2.49. The van der Waals surface area contributed by atoms with Crippen LogP contribution in [0.5, 0.6) is 0 Å². The molecule has 1 heterocycles. The van der Waals surface area contributed by atoms with E-state index in [9.17, 15) is 15.0 Å². The van der Waals surface area contributed by atoms with Gasteiger partial charge in [0.1, 0.15) is 12.1 Å². The molecule has 0 aliphatic carbocycles. The molecule has 0 aromatic carbocycles. The molecule has 5 nitrogen and oxygen atoms in total. The molecule has 0 spiro atoms. The van der Waals surface area contributed by atoms with Crippen molar-refractivity contribution >= 4 is 5.97 Å². The molecule has 1 fully saturated rings. The molecule has 3 atom stereocenters. The van der Waals surface area contributed by atoms with E-state index in [0.29, 0.717) is 13.0 Å². The fraction of sp³-hybridized carbons (Fsp3) is 0.875. The standard InChI is InChI=1S/C8H15NO4/c1-2-13-8(12)6-7(11)5(10)3-4-9-6/h5-7,9-11H,2-4H2,1H3/t5-,6?,7-/m1/s1. The highest BCUT2D eigenvalue weighted by molar-refractivity contribution is 5.76. The van der Waals surface area contributed by atoms with Crippen LogP contribution < -0.4 is 5.32 Å². The van der Waals surface area contributed by atoms with Crippen LogP contribution in [0.4, 0.5) is 0 Å². The molecule has 76 valence electrons. The van der Waals surface area contributed by atoms with Gasteiger partial charge < -0.3 is 20.3 Å². The molecule has 0 bridgehead atoms. The number of carbonyl (C=O) groups is 1. The zero-order valence-corrected chi connectivity index (χ0v) is 7.56. The van der Waals surface area contributed by atoms with Crippen molar-refractivity contribution in [3.63, 3.8) is 0 Å². The van der Waals surface area contributed by atoms with Crippen LogP contribution in [0.15, 0.2) is 0 Å². The molecular formula is C8H15NO4. The third-order valence-electron chi connectivity index (χ3n) is 2.08. The second-order valence-corrected chi connectivity index (χ2v) is 3.03. The number of aliphatic hydroxyl groups is 2. The van der Waals surface area contributed by atoms with E-state index in [1.807, 2.05) is 0 Å². The van der Waals surface area contributed by atoms with E-state index in [2.05, 4.69) is 5.32 Å². The van der Waals surface area contributed by atoms with Gasteiger partial charge in [-0.15, -0.1) is 0 Å². The molecule has 1 aliphatic rings. The monoisotopic (exact) mass is 189 g/mol. The zero-order valence-electron chi connectivity index (χ0n) is 7.56. The average Bonchev–Trinajstić information content (AvgIpc) is 2.10. The van der Waals surface area contributed by atoms with E-state index >= 15 is 0 Å². The maximum absolute atomic E-state index is 11.2. The Morgan fingerprint density at radius 2 is 2.31 bits per heavy atom. The van der Waals surface area contributed by atoms with Gasteiger partial charge in [-0.05, 0) is 19.9 Å². The summed E-state index contributed by atoms with van der Waals surface area (Å²) < 4.78 is 4.73. The summed E-state index contributed by atoms with van der Waals surface area (Å²) in [7, 11) is 0. The van der Waals surface area contributed by atoms with Crippen molar-refractivity contribution in [2.75, 3.05) is 13.2 Å². The molecule has 0 aromatic rings. The van der Waals surface area contributed by atoms with Gasteiger partial charge in [-0.3, -0.25) is 4.79 Å². The summed E-state index contributed by atoms with van der Waals surface area (Å²) in [6, 6.07) is -0.788. The zero-order chi connectivity index (χ0) is 9.84. The molecule has 0 aromatic heterocycles. The van der Waals surface area contributed by atoms with Gasteiger partial charge in [0, 0.05) is 0 Å². The topological polar surface area (TPSA) is 78.8 Å². The van der Waals surface area contributed by atoms with Crippen LogP contribution in [-0.4, -0.2) is 47.6 Å². The lowest BCUT2D eigenvalue weighted by Crippen LogP contribution is -2.56. The quantitative estimate of drug-likeness (QED) is 0.467. The second kappa shape index (κ2) is 4.55. The van der Waals surface area contributed by atoms with E-state index in [0.717, 1.165) is 0 Å². The molecule has 3 N–H and O–H groups in total. The minimum Gasteiger partial charge on any atom is -0.465 e. The highest BCUT2D eigenvalue weighted by Gasteiger charge is 2.35. The lowest BCUT2D eigenvalue weighted by molar-refractivity contribution is -0.153. The Morgan fingerprint density at radius 3 is 2.92 bits per heavy atom. The first-order chi connectivity index (χ1) is 6.16. The van der Waals surface area contributed by atoms with Crippen molar-refractivity contribution < 1.29 is 19.7 Å². The first-order valence-corrected chi connectivity index (χ1v) is 4.43. The number of esters is 1. The predicted molar refractivity (Wildman–Crippen MR) is 45.1 cm³/mol. The normalized spacial score (nSPS) is 34.2. The number of carbonyl (C=O) groups excluding carboxylic acids is 1. The minimum atomic E-state index is -1.06. The van der Waals surface area contributed by atoms with Crippen LogP contribution in [0.2, 0.25) is 0 Å². The summed E-state index contributed by atoms with van der Waals surface area (Å²) in [4.78, 5) is 11.2. The van der Waals surface area contributed by atoms with E-state index in [-0.39, 0.29) is 6.61 Å². The minimum absolute atomic E-state index is 0.278. The molecule has 5 heteroatoms. The molecule has 0 radical (unpaired) electrons. The predicted octanol–water partition coefficient (Wildman–Crippen LogP) is -1.37. The Bertz CT molecular complexity index is 185. The van der Waals surface area contributed by atoms with Gasteiger partial charge >= 0.3 is 5.97 Å². The molecule has 1 saturated heterocycles. The molecular weight excluding hydrogens is 174 g/mol. The Hall–Kier alpha value is -0.650. The van der Waals surface area contributed by atoms with Crippen molar-refractivity contribution in [2.45, 2.75) is 31.6 Å². The lowest BCUT2D eigenvalue weighted by atomic mass is 9.98. The van der Waals surface area contributed by atoms with Crippen molar-refractivity contribution in [3.8, 4) is 0 Å². The number of ether oxygens (including phenoxy) is 1. The van der Waals surface area contributed by atoms with Gasteiger partial charge in [0.25, 0.3) is 0 Å². The first kappa shape index (κ1) is 10.4. The summed E-state index contributed by atoms with van der Waals surface area (Å²) in [6.07, 6.45) is -1.44. The Labute approximate surface area is 76.7 Å². The third-order valence-corrected chi connectivity index (χ3v) is 2.08. The van der Waals surface area contributed by atoms with Crippen LogP contribution in [0.3, 0.4) is 0 Å². The van der Waals surface area contributed by atoms with Gasteiger partial charge in [-0.2, -0.15) is 0 Å². The maximum Gasteiger partial charge on any atom is 0.325 e. The van der Waals surface area contributed by atoms with Gasteiger partial charge in [-0.25, -0.2) is 0 Å². The number of piperidine rings is 1. The van der Waals surface area contributed by atoms with Crippen molar-refractivity contribution in [3.05, 3.63) is 0 Å². The second-order valence-electron chi connectivity index (χ2n) is 3.03. The Balaban J connectivity index is 2.52. The highest BCUT2D eigenvalue weighted by Crippen LogP contribution is 2.10. The largest absolute Gasteiger partial charge is 0.465 e. The number of rotatable bonds is 2. The molecule has 0 amide bonds. The van der Waals surface area contributed by atoms with Gasteiger partial charge in [0.2, 0.25) is 0 Å². The number of hydrogen-bond acceptors (Lipinski definition) is 5. The van der Waals surface area contributed by atoms with E-state index in [4.69, 9.17) is 4.74 Å². The maximum atomic E-state index is 11.2. The SMILES string of the molecule is CCOC(=O)C1NCC[C@@H](O)[C@H]1O. The summed E-state index contributed by atoms with van der Waals surface area (Å²) in [5.74, 6) is -0.506. The van der Waals surface area contributed by atoms with Crippen molar-refractivity contribution in [1.82, 2.24) is 5.32 Å². The molecule has 1 rings (SSSR count). The van der Waals surface area contributed by atoms with Crippen LogP contribution in [0.1, 0.15) is 13.3 Å². The number of aliphatic hydroxyl groups excluding tert-OH is 2. The lowest BCUT2D eigenvalue weighted by Gasteiger charge is -2.30. The summed E-state index contributed by atoms with van der Waals surface area (Å²) >= 11 is 0. The van der Waals surface area contributed by atoms with Gasteiger partial charge in [0.15, 0.2) is 0 Å². The Morgan fingerprint density at radius 1 is 1.62 bits per heavy atom. The van der Waals surface area contributed by atoms with E-state index < -0.39 is 24.2 Å². The van der Waals surface area contributed by atoms with Gasteiger partial charge in [0.05, 0.1) is 12.7 Å². The van der Waals surface area contributed by atoms with Crippen LogP contribution in [0.25, 0.3) is 0 Å². The summed E-state index contributed by atoms with van der Waals surface area (Å²) in [5, 5.41) is 21.5. The van der Waals surface area contributed by atoms with E-state index in [1.165, 1.54) is 0 Å². The molecule has 1 unspecified atom stereocenters. The van der Waals surface area contributed by atoms with Crippen LogP contribution >= 0.6 is 0 Å². The van der Waals surface area contributed by atoms with Gasteiger partial charge in [-0.1, -0.05) is 0 Å². The molecule has 13 heavy (non-hydrogen) atoms. The fourth-order valence-corrected chi connectivity index (χ4v) is 1.36. The molecule has 0 saturated carbocycles. The highest BCUT2D eigenvalue weighted by atomic mass is 16.5.